The number of hydrogen-bond acceptors (Lipinski definition) is 2. The summed E-state index contributed by atoms with van der Waals surface area (Å²) in [6, 6.07) is 8.36. The van der Waals surface area contributed by atoms with Crippen molar-refractivity contribution >= 4 is 34.2 Å². The van der Waals surface area contributed by atoms with Crippen molar-refractivity contribution in [2.45, 2.75) is 50.9 Å². The van der Waals surface area contributed by atoms with Gasteiger partial charge in [0.15, 0.2) is 0 Å². The van der Waals surface area contributed by atoms with E-state index in [-0.39, 0.29) is 23.2 Å². The maximum absolute atomic E-state index is 13.5. The second kappa shape index (κ2) is 7.76. The molecule has 0 radical (unpaired) electrons. The summed E-state index contributed by atoms with van der Waals surface area (Å²) in [5, 5.41) is 0. The number of halogens is 2. The van der Waals surface area contributed by atoms with E-state index in [0.29, 0.717) is 12.5 Å². The predicted octanol–water partition coefficient (Wildman–Crippen LogP) is 4.27. The molecule has 0 aromatic heterocycles. The molecule has 1 aliphatic heterocycles. The number of likely N-dealkylation sites (tertiary alicyclic amines) is 1. The number of rotatable bonds is 3. The summed E-state index contributed by atoms with van der Waals surface area (Å²) >= 11 is 3.57. The Hall–Kier alpha value is -0.580. The molecule has 134 valence electrons. The van der Waals surface area contributed by atoms with Crippen LogP contribution in [-0.4, -0.2) is 30.4 Å². The molecule has 1 aromatic rings. The molecule has 0 bridgehead atoms. The molecule has 2 fully saturated rings. The highest BCUT2D eigenvalue weighted by atomic mass is 79.9. The van der Waals surface area contributed by atoms with E-state index in [1.54, 1.807) is 0 Å². The van der Waals surface area contributed by atoms with Gasteiger partial charge in [-0.3, -0.25) is 4.79 Å². The fourth-order valence-electron chi connectivity index (χ4n) is 4.23. The molecular weight excluding hydrogens is 388 g/mol. The lowest BCUT2D eigenvalue weighted by Crippen LogP contribution is -2.48. The Morgan fingerprint density at radius 1 is 1.25 bits per heavy atom. The van der Waals surface area contributed by atoms with Crippen LogP contribution in [0.15, 0.2) is 28.7 Å². The van der Waals surface area contributed by atoms with Gasteiger partial charge >= 0.3 is 0 Å². The molecule has 5 heteroatoms. The fraction of sp³-hybridized carbons (Fsp3) is 0.632. The summed E-state index contributed by atoms with van der Waals surface area (Å²) in [6.07, 6.45) is 6.48. The van der Waals surface area contributed by atoms with E-state index in [1.165, 1.54) is 12.0 Å². The van der Waals surface area contributed by atoms with Crippen LogP contribution in [0, 0.1) is 5.41 Å². The van der Waals surface area contributed by atoms with Gasteiger partial charge in [-0.05, 0) is 48.9 Å². The zero-order valence-electron chi connectivity index (χ0n) is 14.4. The minimum Gasteiger partial charge on any atom is -0.341 e. The summed E-state index contributed by atoms with van der Waals surface area (Å²) in [4.78, 5) is 15.6. The predicted molar refractivity (Wildman–Crippen MR) is 105 cm³/mol. The third-order valence-corrected chi connectivity index (χ3v) is 6.32. The van der Waals surface area contributed by atoms with Crippen LogP contribution in [0.1, 0.15) is 51.0 Å². The molecule has 0 spiro atoms. The zero-order chi connectivity index (χ0) is 16.5. The van der Waals surface area contributed by atoms with Crippen LogP contribution in [0.2, 0.25) is 0 Å². The third kappa shape index (κ3) is 3.66. The Bertz CT molecular complexity index is 588. The standard InChI is InChI=1S/C19H27BrN2O.ClH/c1-18(13-21)10-11-22(14-18)17(23)19(8-3-2-4-9-19)15-6-5-7-16(20)12-15;/h5-7,12H,2-4,8-11,13-14,21H2,1H3;1H. The molecule has 1 atom stereocenters. The Morgan fingerprint density at radius 2 is 1.96 bits per heavy atom. The normalized spacial score (nSPS) is 26.0. The van der Waals surface area contributed by atoms with Crippen molar-refractivity contribution in [1.29, 1.82) is 0 Å². The number of nitrogens with two attached hydrogens (primary N) is 1. The second-order valence-corrected chi connectivity index (χ2v) is 8.56. The molecule has 2 N–H and O–H groups in total. The Kier molecular flexibility index (Phi) is 6.38. The van der Waals surface area contributed by atoms with Crippen LogP contribution in [0.5, 0.6) is 0 Å². The Labute approximate surface area is 159 Å². The van der Waals surface area contributed by atoms with Crippen LogP contribution in [0.4, 0.5) is 0 Å². The summed E-state index contributed by atoms with van der Waals surface area (Å²) < 4.78 is 1.06. The highest BCUT2D eigenvalue weighted by Gasteiger charge is 2.46. The van der Waals surface area contributed by atoms with E-state index in [0.717, 1.165) is 49.7 Å². The highest BCUT2D eigenvalue weighted by Crippen LogP contribution is 2.43. The first-order valence-electron chi connectivity index (χ1n) is 8.75. The quantitative estimate of drug-likeness (QED) is 0.801. The molecule has 3 nitrogen and oxygen atoms in total. The highest BCUT2D eigenvalue weighted by molar-refractivity contribution is 9.10. The third-order valence-electron chi connectivity index (χ3n) is 5.83. The summed E-state index contributed by atoms with van der Waals surface area (Å²) in [5.74, 6) is 0.326. The van der Waals surface area contributed by atoms with Crippen molar-refractivity contribution in [2.24, 2.45) is 11.1 Å². The number of carbonyl (C=O) groups excluding carboxylic acids is 1. The lowest BCUT2D eigenvalue weighted by molar-refractivity contribution is -0.138. The number of benzene rings is 1. The van der Waals surface area contributed by atoms with Gasteiger partial charge in [-0.2, -0.15) is 0 Å². The van der Waals surface area contributed by atoms with E-state index in [4.69, 9.17) is 5.73 Å². The number of amides is 1. The Morgan fingerprint density at radius 3 is 2.54 bits per heavy atom. The number of hydrogen-bond donors (Lipinski definition) is 1. The molecule has 1 saturated carbocycles. The summed E-state index contributed by atoms with van der Waals surface area (Å²) in [7, 11) is 0. The van der Waals surface area contributed by atoms with Gasteiger partial charge in [0, 0.05) is 17.6 Å². The molecule has 1 unspecified atom stereocenters. The van der Waals surface area contributed by atoms with Crippen LogP contribution in [0.25, 0.3) is 0 Å². The van der Waals surface area contributed by atoms with Crippen molar-refractivity contribution in [2.75, 3.05) is 19.6 Å². The van der Waals surface area contributed by atoms with E-state index in [2.05, 4.69) is 46.0 Å². The van der Waals surface area contributed by atoms with Crippen LogP contribution in [0.3, 0.4) is 0 Å². The maximum Gasteiger partial charge on any atom is 0.233 e. The van der Waals surface area contributed by atoms with Gasteiger partial charge in [0.05, 0.1) is 5.41 Å². The molecule has 3 rings (SSSR count). The van der Waals surface area contributed by atoms with Gasteiger partial charge in [-0.15, -0.1) is 12.4 Å². The lowest BCUT2D eigenvalue weighted by Gasteiger charge is -2.39. The zero-order valence-corrected chi connectivity index (χ0v) is 16.8. The van der Waals surface area contributed by atoms with Crippen molar-refractivity contribution in [3.63, 3.8) is 0 Å². The van der Waals surface area contributed by atoms with Crippen LogP contribution in [-0.2, 0) is 10.2 Å². The van der Waals surface area contributed by atoms with Gasteiger partial charge in [0.2, 0.25) is 5.91 Å². The smallest absolute Gasteiger partial charge is 0.233 e. The minimum absolute atomic E-state index is 0. The van der Waals surface area contributed by atoms with Gasteiger partial charge in [0.25, 0.3) is 0 Å². The van der Waals surface area contributed by atoms with Crippen molar-refractivity contribution in [3.05, 3.63) is 34.3 Å². The molecule has 1 saturated heterocycles. The van der Waals surface area contributed by atoms with Gasteiger partial charge < -0.3 is 10.6 Å². The van der Waals surface area contributed by atoms with Crippen molar-refractivity contribution < 1.29 is 4.79 Å². The first kappa shape index (κ1) is 19.7. The van der Waals surface area contributed by atoms with Gasteiger partial charge in [-0.25, -0.2) is 0 Å². The van der Waals surface area contributed by atoms with Crippen molar-refractivity contribution in [1.82, 2.24) is 4.90 Å². The van der Waals surface area contributed by atoms with E-state index in [1.807, 2.05) is 6.07 Å². The molecule has 2 aliphatic rings. The summed E-state index contributed by atoms with van der Waals surface area (Å²) in [5.41, 5.74) is 6.86. The average Bonchev–Trinajstić information content (AvgIpc) is 2.98. The first-order valence-corrected chi connectivity index (χ1v) is 9.54. The molecule has 1 heterocycles. The van der Waals surface area contributed by atoms with Gasteiger partial charge in [0.1, 0.15) is 0 Å². The monoisotopic (exact) mass is 414 g/mol. The van der Waals surface area contributed by atoms with E-state index >= 15 is 0 Å². The molecule has 1 aliphatic carbocycles. The van der Waals surface area contributed by atoms with E-state index in [9.17, 15) is 4.79 Å². The SMILES string of the molecule is CC1(CN)CCN(C(=O)C2(c3cccc(Br)c3)CCCCC2)C1.Cl. The van der Waals surface area contributed by atoms with Gasteiger partial charge in [-0.1, -0.05) is 54.2 Å². The second-order valence-electron chi connectivity index (χ2n) is 7.64. The summed E-state index contributed by atoms with van der Waals surface area (Å²) in [6.45, 7) is 4.51. The largest absolute Gasteiger partial charge is 0.341 e. The molecule has 24 heavy (non-hydrogen) atoms. The molecular formula is C19H28BrClN2O. The topological polar surface area (TPSA) is 46.3 Å². The Balaban J connectivity index is 0.00000208. The van der Waals surface area contributed by atoms with Crippen LogP contribution >= 0.6 is 28.3 Å². The fourth-order valence-corrected chi connectivity index (χ4v) is 4.63. The number of nitrogens with zero attached hydrogens (tertiary/aromatic N) is 1. The van der Waals surface area contributed by atoms with Crippen LogP contribution < -0.4 is 5.73 Å². The number of carbonyl (C=O) groups is 1. The maximum atomic E-state index is 13.5. The van der Waals surface area contributed by atoms with E-state index < -0.39 is 0 Å². The minimum atomic E-state index is -0.331. The average molecular weight is 416 g/mol. The molecule has 1 amide bonds. The van der Waals surface area contributed by atoms with Crippen molar-refractivity contribution in [3.8, 4) is 0 Å². The molecule has 1 aromatic carbocycles. The first-order chi connectivity index (χ1) is 11.0. The lowest BCUT2D eigenvalue weighted by atomic mass is 9.68.